The lowest BCUT2D eigenvalue weighted by atomic mass is 9.91. The van der Waals surface area contributed by atoms with Crippen LogP contribution < -0.4 is 0 Å². The van der Waals surface area contributed by atoms with Gasteiger partial charge in [-0.2, -0.15) is 0 Å². The molecule has 0 saturated heterocycles. The highest BCUT2D eigenvalue weighted by Crippen LogP contribution is 2.46. The van der Waals surface area contributed by atoms with Crippen molar-refractivity contribution in [2.75, 3.05) is 0 Å². The first-order valence-electron chi connectivity index (χ1n) is 23.9. The fourth-order valence-electron chi connectivity index (χ4n) is 11.4. The summed E-state index contributed by atoms with van der Waals surface area (Å²) >= 11 is 1.88. The number of thiophene rings is 1. The Bertz CT molecular complexity index is 4600. The van der Waals surface area contributed by atoms with Crippen LogP contribution in [0.15, 0.2) is 247 Å². The molecule has 326 valence electrons. The largest absolute Gasteiger partial charge is 0.456 e. The van der Waals surface area contributed by atoms with E-state index in [2.05, 4.69) is 246 Å². The van der Waals surface area contributed by atoms with E-state index in [1.54, 1.807) is 0 Å². The molecule has 3 nitrogen and oxygen atoms in total. The zero-order chi connectivity index (χ0) is 45.9. The van der Waals surface area contributed by atoms with Crippen LogP contribution in [0.4, 0.5) is 0 Å². The topological polar surface area (TPSA) is 23.0 Å². The Morgan fingerprint density at radius 3 is 1.76 bits per heavy atom. The maximum Gasteiger partial charge on any atom is 0.135 e. The van der Waals surface area contributed by atoms with Crippen molar-refractivity contribution >= 4 is 97.1 Å². The van der Waals surface area contributed by atoms with Crippen molar-refractivity contribution in [1.29, 1.82) is 0 Å². The van der Waals surface area contributed by atoms with Crippen LogP contribution >= 0.6 is 11.3 Å². The molecule has 0 bridgehead atoms. The zero-order valence-corrected chi connectivity index (χ0v) is 38.6. The summed E-state index contributed by atoms with van der Waals surface area (Å²) in [6.07, 6.45) is 0. The van der Waals surface area contributed by atoms with Gasteiger partial charge in [0.2, 0.25) is 0 Å². The van der Waals surface area contributed by atoms with Gasteiger partial charge in [0.1, 0.15) is 11.2 Å². The summed E-state index contributed by atoms with van der Waals surface area (Å²) in [5.74, 6) is 0. The van der Waals surface area contributed by atoms with Gasteiger partial charge in [-0.1, -0.05) is 158 Å². The molecule has 0 amide bonds. The minimum atomic E-state index is 0.892. The van der Waals surface area contributed by atoms with Gasteiger partial charge in [0.05, 0.1) is 22.1 Å². The highest BCUT2D eigenvalue weighted by molar-refractivity contribution is 7.26. The van der Waals surface area contributed by atoms with E-state index < -0.39 is 0 Å². The van der Waals surface area contributed by atoms with Gasteiger partial charge in [-0.3, -0.25) is 0 Å². The highest BCUT2D eigenvalue weighted by Gasteiger charge is 2.21. The molecule has 0 aliphatic rings. The molecule has 0 atom stereocenters. The zero-order valence-electron chi connectivity index (χ0n) is 37.8. The molecule has 0 aliphatic carbocycles. The molecule has 0 fully saturated rings. The molecule has 0 unspecified atom stereocenters. The Hall–Kier alpha value is -8.96. The molecule has 15 rings (SSSR count). The van der Waals surface area contributed by atoms with Crippen LogP contribution in [-0.2, 0) is 0 Å². The maximum absolute atomic E-state index is 6.30. The number of para-hydroxylation sites is 3. The number of benzene rings is 11. The van der Waals surface area contributed by atoms with Crippen LogP contribution in [0.5, 0.6) is 0 Å². The van der Waals surface area contributed by atoms with Gasteiger partial charge in [0, 0.05) is 63.9 Å². The summed E-state index contributed by atoms with van der Waals surface area (Å²) in [4.78, 5) is 0. The van der Waals surface area contributed by atoms with Crippen LogP contribution in [0.1, 0.15) is 0 Å². The molecule has 4 aromatic heterocycles. The normalized spacial score (nSPS) is 12.0. The average molecular weight is 909 g/mol. The van der Waals surface area contributed by atoms with Crippen LogP contribution in [-0.4, -0.2) is 9.13 Å². The number of hydrogen-bond donors (Lipinski definition) is 0. The number of fused-ring (bicyclic) bond motifs is 12. The van der Waals surface area contributed by atoms with Crippen LogP contribution in [0, 0.1) is 0 Å². The van der Waals surface area contributed by atoms with Gasteiger partial charge < -0.3 is 13.6 Å². The molecule has 0 spiro atoms. The van der Waals surface area contributed by atoms with Gasteiger partial charge in [0.25, 0.3) is 0 Å². The van der Waals surface area contributed by atoms with Crippen molar-refractivity contribution in [2.24, 2.45) is 0 Å². The summed E-state index contributed by atoms with van der Waals surface area (Å²) < 4.78 is 13.8. The van der Waals surface area contributed by atoms with Crippen molar-refractivity contribution in [1.82, 2.24) is 9.13 Å². The van der Waals surface area contributed by atoms with Gasteiger partial charge in [0.15, 0.2) is 0 Å². The van der Waals surface area contributed by atoms with Gasteiger partial charge in [-0.15, -0.1) is 11.3 Å². The first-order chi connectivity index (χ1) is 34.7. The fraction of sp³-hybridized carbons (Fsp3) is 0. The molecule has 70 heavy (non-hydrogen) atoms. The van der Waals surface area contributed by atoms with Gasteiger partial charge >= 0.3 is 0 Å². The van der Waals surface area contributed by atoms with Gasteiger partial charge in [-0.25, -0.2) is 0 Å². The van der Waals surface area contributed by atoms with Crippen molar-refractivity contribution in [2.45, 2.75) is 0 Å². The van der Waals surface area contributed by atoms with Gasteiger partial charge in [-0.05, 0) is 129 Å². The van der Waals surface area contributed by atoms with Crippen LogP contribution in [0.2, 0.25) is 0 Å². The lowest BCUT2D eigenvalue weighted by molar-refractivity contribution is 0.669. The Morgan fingerprint density at radius 1 is 0.286 bits per heavy atom. The third-order valence-corrected chi connectivity index (χ3v) is 15.7. The molecular weight excluding hydrogens is 869 g/mol. The summed E-state index contributed by atoms with van der Waals surface area (Å²) in [7, 11) is 0. The van der Waals surface area contributed by atoms with Crippen LogP contribution in [0.3, 0.4) is 0 Å². The molecular formula is C66H40N2OS. The number of nitrogens with zero attached hydrogens (tertiary/aromatic N) is 2. The highest BCUT2D eigenvalue weighted by atomic mass is 32.1. The predicted molar refractivity (Wildman–Crippen MR) is 297 cm³/mol. The first kappa shape index (κ1) is 39.1. The minimum Gasteiger partial charge on any atom is -0.456 e. The summed E-state index contributed by atoms with van der Waals surface area (Å²) in [5, 5.41) is 9.74. The molecule has 0 aliphatic heterocycles. The third-order valence-electron chi connectivity index (χ3n) is 14.5. The van der Waals surface area contributed by atoms with E-state index in [-0.39, 0.29) is 0 Å². The van der Waals surface area contributed by atoms with E-state index in [0.717, 1.165) is 50.0 Å². The lowest BCUT2D eigenvalue weighted by Crippen LogP contribution is -1.94. The Labute approximate surface area is 407 Å². The molecule has 4 heterocycles. The molecule has 0 radical (unpaired) electrons. The minimum absolute atomic E-state index is 0.892. The predicted octanol–water partition coefficient (Wildman–Crippen LogP) is 18.8. The second kappa shape index (κ2) is 15.3. The second-order valence-corrected chi connectivity index (χ2v) is 19.5. The SMILES string of the molecule is c1ccc(-c2cccc(-n3c4ccccc4c4c(-c5cc(-c6ccc7c8ccccc8n(-c8ccc9oc%10ccccc%10c9c8)c7c6)cc(-c6cccc7c6sc6ccccc67)c5)cccc43)c2)cc1. The number of rotatable bonds is 6. The van der Waals surface area contributed by atoms with Crippen molar-refractivity contribution in [3.05, 3.63) is 243 Å². The maximum atomic E-state index is 6.30. The number of hydrogen-bond acceptors (Lipinski definition) is 2. The average Bonchev–Trinajstić information content (AvgIpc) is 4.18. The van der Waals surface area contributed by atoms with Crippen molar-refractivity contribution in [3.63, 3.8) is 0 Å². The molecule has 4 heteroatoms. The lowest BCUT2D eigenvalue weighted by Gasteiger charge is -2.14. The summed E-state index contributed by atoms with van der Waals surface area (Å²) in [6.45, 7) is 0. The van der Waals surface area contributed by atoms with Crippen molar-refractivity contribution < 1.29 is 4.42 Å². The third kappa shape index (κ3) is 5.94. The Balaban J connectivity index is 0.980. The van der Waals surface area contributed by atoms with E-state index >= 15 is 0 Å². The van der Waals surface area contributed by atoms with Crippen molar-refractivity contribution in [3.8, 4) is 55.9 Å². The van der Waals surface area contributed by atoms with E-state index in [1.807, 2.05) is 17.4 Å². The quantitative estimate of drug-likeness (QED) is 0.163. The van der Waals surface area contributed by atoms with E-state index in [4.69, 9.17) is 4.42 Å². The van der Waals surface area contributed by atoms with Crippen LogP contribution in [0.25, 0.3) is 142 Å². The number of furan rings is 1. The Kier molecular flexibility index (Phi) is 8.53. The monoisotopic (exact) mass is 908 g/mol. The molecule has 15 aromatic rings. The smallest absolute Gasteiger partial charge is 0.135 e. The van der Waals surface area contributed by atoms with E-state index in [0.29, 0.717) is 0 Å². The Morgan fingerprint density at radius 2 is 0.871 bits per heavy atom. The molecule has 0 N–H and O–H groups in total. The molecule has 0 saturated carbocycles. The van der Waals surface area contributed by atoms with E-state index in [1.165, 1.54) is 91.6 Å². The number of aromatic nitrogens is 2. The standard InChI is InChI=1S/C66H40N2OS/c1-2-15-41(16-3-1)42-17-12-18-47(38-42)67-59-27-9-5-22-56(59)65-49(23-14-28-60(65)67)45-35-44(36-46(37-45)50-24-13-25-55-54-21-7-11-30-64(54)70-66(50)55)43-31-33-52-51-19-4-8-26-58(51)68(61(52)39-43)48-32-34-63-57(40-48)53-20-6-10-29-62(53)69-63/h1-40H. The molecule has 11 aromatic carbocycles. The summed E-state index contributed by atoms with van der Waals surface area (Å²) in [6, 6.07) is 89.0. The fourth-order valence-corrected chi connectivity index (χ4v) is 12.6. The second-order valence-electron chi connectivity index (χ2n) is 18.4. The first-order valence-corrected chi connectivity index (χ1v) is 24.7. The van der Waals surface area contributed by atoms with E-state index in [9.17, 15) is 0 Å². The summed E-state index contributed by atoms with van der Waals surface area (Å²) in [5.41, 5.74) is 18.3.